The first-order valence-electron chi connectivity index (χ1n) is 12.1. The molecule has 2 aromatic rings. The van der Waals surface area contributed by atoms with Crippen LogP contribution in [-0.2, 0) is 22.5 Å². The second-order valence-corrected chi connectivity index (χ2v) is 10.3. The monoisotopic (exact) mass is 527 g/mol. The van der Waals surface area contributed by atoms with E-state index in [1.54, 1.807) is 13.2 Å². The molecule has 0 aliphatic rings. The number of carbonyl (C=O) groups excluding carboxylic acids is 1. The summed E-state index contributed by atoms with van der Waals surface area (Å²) in [6.07, 6.45) is 0.591. The third-order valence-electron chi connectivity index (χ3n) is 5.88. The number of benzene rings is 2. The van der Waals surface area contributed by atoms with Gasteiger partial charge in [-0.25, -0.2) is 0 Å². The minimum atomic E-state index is -0.624. The summed E-state index contributed by atoms with van der Waals surface area (Å²) in [5.41, 5.74) is 18.4. The Morgan fingerprint density at radius 2 is 1.84 bits per heavy atom. The summed E-state index contributed by atoms with van der Waals surface area (Å²) in [7, 11) is 1.55. The largest absolute Gasteiger partial charge is 0.493 e. The molecular weight excluding hydrogens is 490 g/mol. The van der Waals surface area contributed by atoms with Crippen LogP contribution in [0.5, 0.6) is 11.5 Å². The van der Waals surface area contributed by atoms with Crippen molar-refractivity contribution in [2.45, 2.75) is 53.6 Å². The third-order valence-corrected chi connectivity index (χ3v) is 6.11. The number of hydrogen-bond acceptors (Lipinski definition) is 6. The van der Waals surface area contributed by atoms with E-state index in [4.69, 9.17) is 37.7 Å². The summed E-state index contributed by atoms with van der Waals surface area (Å²) >= 11 is 5.45. The fourth-order valence-corrected chi connectivity index (χ4v) is 3.82. The molecule has 10 heteroatoms. The predicted molar refractivity (Wildman–Crippen MR) is 149 cm³/mol. The van der Waals surface area contributed by atoms with Crippen LogP contribution in [0.15, 0.2) is 41.5 Å². The molecule has 2 rings (SSSR count). The van der Waals surface area contributed by atoms with Crippen LogP contribution < -0.4 is 15.2 Å². The van der Waals surface area contributed by atoms with Crippen molar-refractivity contribution in [2.75, 3.05) is 26.9 Å². The first-order valence-corrected chi connectivity index (χ1v) is 12.5. The molecule has 2 N–H and O–H groups in total. The van der Waals surface area contributed by atoms with E-state index in [2.05, 4.69) is 42.1 Å². The van der Waals surface area contributed by atoms with Gasteiger partial charge < -0.3 is 24.8 Å². The van der Waals surface area contributed by atoms with E-state index >= 15 is 0 Å². The summed E-state index contributed by atoms with van der Waals surface area (Å²) in [5, 5.41) is 3.67. The fourth-order valence-electron chi connectivity index (χ4n) is 3.60. The summed E-state index contributed by atoms with van der Waals surface area (Å²) in [6, 6.07) is 11.5. The van der Waals surface area contributed by atoms with E-state index in [-0.39, 0.29) is 36.9 Å². The van der Waals surface area contributed by atoms with Gasteiger partial charge in [0.2, 0.25) is 0 Å². The molecule has 0 heterocycles. The molecule has 9 nitrogen and oxygen atoms in total. The lowest BCUT2D eigenvalue weighted by Gasteiger charge is -2.33. The number of hydrogen-bond donors (Lipinski definition) is 1. The minimum Gasteiger partial charge on any atom is -0.493 e. The molecule has 0 amide bonds. The predicted octanol–water partition coefficient (Wildman–Crippen LogP) is 5.25. The maximum Gasteiger partial charge on any atom is 0.311 e. The highest BCUT2D eigenvalue weighted by atomic mass is 32.1. The summed E-state index contributed by atoms with van der Waals surface area (Å²) in [6.45, 7) is 10.6. The zero-order chi connectivity index (χ0) is 27.6. The van der Waals surface area contributed by atoms with Crippen LogP contribution in [0, 0.1) is 19.3 Å². The van der Waals surface area contributed by atoms with Crippen molar-refractivity contribution in [1.82, 2.24) is 4.90 Å². The van der Waals surface area contributed by atoms with Crippen LogP contribution in [0.2, 0.25) is 0 Å². The Balaban J connectivity index is 2.31. The Kier molecular flexibility index (Phi) is 11.0. The Hall–Kier alpha value is -3.49. The van der Waals surface area contributed by atoms with Crippen LogP contribution in [-0.4, -0.2) is 48.9 Å². The molecule has 0 aromatic heterocycles. The van der Waals surface area contributed by atoms with Gasteiger partial charge in [0.15, 0.2) is 16.6 Å². The molecule has 2 aromatic carbocycles. The molecule has 0 saturated heterocycles. The van der Waals surface area contributed by atoms with Crippen molar-refractivity contribution in [3.63, 3.8) is 0 Å². The molecule has 0 aliphatic carbocycles. The molecule has 0 saturated carbocycles. The van der Waals surface area contributed by atoms with Crippen LogP contribution in [0.1, 0.15) is 43.0 Å². The highest BCUT2D eigenvalue weighted by Crippen LogP contribution is 2.29. The van der Waals surface area contributed by atoms with Gasteiger partial charge in [0.1, 0.15) is 6.61 Å². The van der Waals surface area contributed by atoms with E-state index in [0.717, 1.165) is 11.1 Å². The van der Waals surface area contributed by atoms with Crippen LogP contribution in [0.25, 0.3) is 10.4 Å². The number of carbonyl (C=O) groups is 1. The first-order chi connectivity index (χ1) is 17.5. The number of azide groups is 1. The maximum absolute atomic E-state index is 12.6. The smallest absolute Gasteiger partial charge is 0.311 e. The van der Waals surface area contributed by atoms with E-state index in [0.29, 0.717) is 24.5 Å². The molecule has 1 atom stereocenters. The zero-order valence-corrected chi connectivity index (χ0v) is 23.3. The lowest BCUT2D eigenvalue weighted by atomic mass is 9.97. The fraction of sp³-hybridized carbons (Fsp3) is 0.481. The first kappa shape index (κ1) is 29.7. The van der Waals surface area contributed by atoms with Crippen molar-refractivity contribution in [3.05, 3.63) is 69.1 Å². The van der Waals surface area contributed by atoms with E-state index in [1.165, 1.54) is 11.1 Å². The maximum atomic E-state index is 12.6. The minimum absolute atomic E-state index is 0.137. The van der Waals surface area contributed by atoms with Gasteiger partial charge in [0.05, 0.1) is 31.7 Å². The number of esters is 1. The lowest BCUT2D eigenvalue weighted by molar-refractivity contribution is -0.154. The third kappa shape index (κ3) is 9.15. The van der Waals surface area contributed by atoms with E-state index in [1.807, 2.05) is 37.8 Å². The topological polar surface area (TPSA) is 123 Å². The number of nitrogens with zero attached hydrogens (tertiary/aromatic N) is 4. The van der Waals surface area contributed by atoms with Crippen molar-refractivity contribution < 1.29 is 19.0 Å². The average molecular weight is 528 g/mol. The number of rotatable bonds is 12. The summed E-state index contributed by atoms with van der Waals surface area (Å²) in [5.74, 6) is 0.780. The highest BCUT2D eigenvalue weighted by Gasteiger charge is 2.27. The molecule has 37 heavy (non-hydrogen) atoms. The van der Waals surface area contributed by atoms with Crippen LogP contribution in [0.4, 0.5) is 0 Å². The molecule has 0 spiro atoms. The van der Waals surface area contributed by atoms with Gasteiger partial charge >= 0.3 is 5.97 Å². The van der Waals surface area contributed by atoms with Gasteiger partial charge in [-0.15, -0.1) is 0 Å². The van der Waals surface area contributed by atoms with E-state index in [9.17, 15) is 4.79 Å². The second kappa shape index (κ2) is 13.7. The standard InChI is InChI=1S/C27H37N5O4S/c1-18-7-8-20(13-19(18)2)14-22(17-36-25(33)27(3,4)5)32(26(28)37)16-21-9-10-23(24(15-21)34-6)35-12-11-30-31-29/h7-10,13,15,22H,11-12,14,16-17H2,1-6H3,(H2,28,37). The van der Waals surface area contributed by atoms with Crippen molar-refractivity contribution in [2.24, 2.45) is 16.3 Å². The number of aryl methyl sites for hydroxylation is 2. The van der Waals surface area contributed by atoms with Crippen molar-refractivity contribution in [3.8, 4) is 11.5 Å². The zero-order valence-electron chi connectivity index (χ0n) is 22.5. The number of thiocarbonyl (C=S) groups is 1. The molecular formula is C27H37N5O4S. The van der Waals surface area contributed by atoms with Crippen molar-refractivity contribution >= 4 is 23.3 Å². The normalized spacial score (nSPS) is 11.7. The Labute approximate surface area is 224 Å². The molecule has 0 radical (unpaired) electrons. The molecule has 1 unspecified atom stereocenters. The highest BCUT2D eigenvalue weighted by molar-refractivity contribution is 7.80. The van der Waals surface area contributed by atoms with Gasteiger partial charge in [-0.1, -0.05) is 29.4 Å². The summed E-state index contributed by atoms with van der Waals surface area (Å²) in [4.78, 5) is 17.2. The molecule has 0 aliphatic heterocycles. The lowest BCUT2D eigenvalue weighted by Crippen LogP contribution is -2.47. The van der Waals surface area contributed by atoms with Gasteiger partial charge in [-0.2, -0.15) is 0 Å². The van der Waals surface area contributed by atoms with Crippen LogP contribution >= 0.6 is 12.2 Å². The Morgan fingerprint density at radius 3 is 2.43 bits per heavy atom. The van der Waals surface area contributed by atoms with Gasteiger partial charge in [0, 0.05) is 11.5 Å². The van der Waals surface area contributed by atoms with Gasteiger partial charge in [-0.3, -0.25) is 4.79 Å². The Morgan fingerprint density at radius 1 is 1.14 bits per heavy atom. The number of methoxy groups -OCH3 is 1. The van der Waals surface area contributed by atoms with Crippen LogP contribution in [0.3, 0.4) is 0 Å². The van der Waals surface area contributed by atoms with E-state index < -0.39 is 5.41 Å². The molecule has 200 valence electrons. The van der Waals surface area contributed by atoms with Crippen molar-refractivity contribution in [1.29, 1.82) is 0 Å². The molecule has 0 bridgehead atoms. The Bertz CT molecular complexity index is 1140. The SMILES string of the molecule is COc1cc(CN(C(N)=S)C(COC(=O)C(C)(C)C)Cc2ccc(C)c(C)c2)ccc1OCCN=[N+]=[N-]. The second-order valence-electron chi connectivity index (χ2n) is 9.88. The van der Waals surface area contributed by atoms with Gasteiger partial charge in [-0.05, 0) is 93.2 Å². The summed E-state index contributed by atoms with van der Waals surface area (Å²) < 4.78 is 16.9. The number of nitrogens with two attached hydrogens (primary N) is 1. The quantitative estimate of drug-likeness (QED) is 0.0999. The average Bonchev–Trinajstić information content (AvgIpc) is 2.84. The number of ether oxygens (including phenoxy) is 3. The molecule has 0 fully saturated rings. The van der Waals surface area contributed by atoms with Gasteiger partial charge in [0.25, 0.3) is 0 Å².